The van der Waals surface area contributed by atoms with Gasteiger partial charge in [-0.3, -0.25) is 4.79 Å². The minimum absolute atomic E-state index is 0.132. The fourth-order valence-electron chi connectivity index (χ4n) is 2.01. The number of likely N-dealkylation sites (N-methyl/N-ethyl adjacent to an activating group) is 1. The van der Waals surface area contributed by atoms with Crippen LogP contribution in [-0.2, 0) is 14.3 Å². The number of hydrogen-bond acceptors (Lipinski definition) is 3. The summed E-state index contributed by atoms with van der Waals surface area (Å²) >= 11 is 0. The third-order valence-electron chi connectivity index (χ3n) is 2.98. The average molecular weight is 255 g/mol. The fraction of sp³-hybridized carbons (Fsp3) is 0.786. The van der Waals surface area contributed by atoms with E-state index in [-0.39, 0.29) is 12.0 Å². The van der Waals surface area contributed by atoms with Gasteiger partial charge in [-0.1, -0.05) is 12.2 Å². The summed E-state index contributed by atoms with van der Waals surface area (Å²) in [4.78, 5) is 13.7. The summed E-state index contributed by atoms with van der Waals surface area (Å²) in [6.07, 6.45) is 2.87. The van der Waals surface area contributed by atoms with Crippen LogP contribution in [0.25, 0.3) is 0 Å². The molecule has 0 aromatic carbocycles. The normalized spacial score (nSPS) is 18.9. The zero-order valence-electron chi connectivity index (χ0n) is 11.6. The fourth-order valence-corrected chi connectivity index (χ4v) is 2.01. The van der Waals surface area contributed by atoms with Crippen LogP contribution in [-0.4, -0.2) is 49.8 Å². The number of rotatable bonds is 8. The molecule has 0 N–H and O–H groups in total. The summed E-state index contributed by atoms with van der Waals surface area (Å²) in [7, 11) is 0. The molecule has 1 aliphatic rings. The second kappa shape index (κ2) is 8.27. The van der Waals surface area contributed by atoms with Crippen LogP contribution in [0.3, 0.4) is 0 Å². The van der Waals surface area contributed by atoms with E-state index in [1.807, 2.05) is 13.8 Å². The van der Waals surface area contributed by atoms with Crippen molar-refractivity contribution in [3.8, 4) is 0 Å². The Balaban J connectivity index is 2.12. The van der Waals surface area contributed by atoms with E-state index in [2.05, 4.69) is 6.58 Å². The largest absolute Gasteiger partial charge is 0.378 e. The molecule has 18 heavy (non-hydrogen) atoms. The van der Waals surface area contributed by atoms with Crippen LogP contribution in [0, 0.1) is 0 Å². The Labute approximate surface area is 110 Å². The van der Waals surface area contributed by atoms with E-state index in [0.717, 1.165) is 31.6 Å². The summed E-state index contributed by atoms with van der Waals surface area (Å²) < 4.78 is 10.9. The lowest BCUT2D eigenvalue weighted by Crippen LogP contribution is -2.33. The third-order valence-corrected chi connectivity index (χ3v) is 2.98. The van der Waals surface area contributed by atoms with Crippen molar-refractivity contribution < 1.29 is 14.3 Å². The second-order valence-electron chi connectivity index (χ2n) is 4.82. The molecule has 4 heteroatoms. The Hall–Kier alpha value is -0.870. The second-order valence-corrected chi connectivity index (χ2v) is 4.82. The van der Waals surface area contributed by atoms with Crippen LogP contribution in [0.4, 0.5) is 0 Å². The van der Waals surface area contributed by atoms with Crippen molar-refractivity contribution in [1.29, 1.82) is 0 Å². The smallest absolute Gasteiger partial charge is 0.225 e. The minimum Gasteiger partial charge on any atom is -0.378 e. The molecule has 0 spiro atoms. The Morgan fingerprint density at radius 2 is 2.33 bits per heavy atom. The molecule has 4 nitrogen and oxygen atoms in total. The van der Waals surface area contributed by atoms with Gasteiger partial charge in [-0.2, -0.15) is 0 Å². The molecular formula is C14H25NO3. The van der Waals surface area contributed by atoms with Gasteiger partial charge in [0.15, 0.2) is 0 Å². The maximum atomic E-state index is 11.9. The van der Waals surface area contributed by atoms with E-state index in [4.69, 9.17) is 9.47 Å². The van der Waals surface area contributed by atoms with Gasteiger partial charge >= 0.3 is 0 Å². The van der Waals surface area contributed by atoms with Gasteiger partial charge in [0.25, 0.3) is 0 Å². The van der Waals surface area contributed by atoms with Crippen molar-refractivity contribution in [3.63, 3.8) is 0 Å². The van der Waals surface area contributed by atoms with E-state index in [9.17, 15) is 4.79 Å². The van der Waals surface area contributed by atoms with Gasteiger partial charge in [-0.05, 0) is 26.7 Å². The summed E-state index contributed by atoms with van der Waals surface area (Å²) in [5.41, 5.74) is 1.01. The molecule has 1 atom stereocenters. The Morgan fingerprint density at radius 1 is 1.56 bits per heavy atom. The molecule has 1 amide bonds. The SMILES string of the molecule is C=C(C)CN(CC)C(=O)CCOCC1CCCO1. The van der Waals surface area contributed by atoms with Gasteiger partial charge in [-0.25, -0.2) is 0 Å². The van der Waals surface area contributed by atoms with Gasteiger partial charge in [-0.15, -0.1) is 0 Å². The highest BCUT2D eigenvalue weighted by Crippen LogP contribution is 2.12. The van der Waals surface area contributed by atoms with E-state index in [1.54, 1.807) is 4.90 Å². The van der Waals surface area contributed by atoms with Crippen molar-refractivity contribution in [1.82, 2.24) is 4.90 Å². The van der Waals surface area contributed by atoms with Gasteiger partial charge in [0.1, 0.15) is 0 Å². The van der Waals surface area contributed by atoms with Gasteiger partial charge in [0.2, 0.25) is 5.91 Å². The molecule has 104 valence electrons. The van der Waals surface area contributed by atoms with Crippen LogP contribution in [0.15, 0.2) is 12.2 Å². The minimum atomic E-state index is 0.132. The molecule has 1 saturated heterocycles. The number of carbonyl (C=O) groups is 1. The van der Waals surface area contributed by atoms with Crippen molar-refractivity contribution in [2.45, 2.75) is 39.2 Å². The third kappa shape index (κ3) is 5.65. The molecular weight excluding hydrogens is 230 g/mol. The standard InChI is InChI=1S/C14H25NO3/c1-4-15(10-12(2)3)14(16)7-9-17-11-13-6-5-8-18-13/h13H,2,4-11H2,1,3H3. The summed E-state index contributed by atoms with van der Waals surface area (Å²) in [5.74, 6) is 0.132. The maximum Gasteiger partial charge on any atom is 0.225 e. The topological polar surface area (TPSA) is 38.8 Å². The number of amides is 1. The van der Waals surface area contributed by atoms with Crippen molar-refractivity contribution >= 4 is 5.91 Å². The van der Waals surface area contributed by atoms with Crippen molar-refractivity contribution in [2.75, 3.05) is 32.9 Å². The molecule has 0 aromatic heterocycles. The highest BCUT2D eigenvalue weighted by Gasteiger charge is 2.16. The molecule has 1 rings (SSSR count). The molecule has 1 fully saturated rings. The predicted octanol–water partition coefficient (Wildman–Crippen LogP) is 2.00. The molecule has 1 unspecified atom stereocenters. The van der Waals surface area contributed by atoms with Gasteiger partial charge < -0.3 is 14.4 Å². The first kappa shape index (κ1) is 15.2. The highest BCUT2D eigenvalue weighted by atomic mass is 16.5. The zero-order chi connectivity index (χ0) is 13.4. The van der Waals surface area contributed by atoms with Crippen LogP contribution in [0.5, 0.6) is 0 Å². The van der Waals surface area contributed by atoms with Crippen molar-refractivity contribution in [3.05, 3.63) is 12.2 Å². The van der Waals surface area contributed by atoms with Crippen molar-refractivity contribution in [2.24, 2.45) is 0 Å². The molecule has 0 aromatic rings. The summed E-state index contributed by atoms with van der Waals surface area (Å²) in [6.45, 7) is 11.0. The highest BCUT2D eigenvalue weighted by molar-refractivity contribution is 5.76. The summed E-state index contributed by atoms with van der Waals surface area (Å²) in [6, 6.07) is 0. The molecule has 0 saturated carbocycles. The lowest BCUT2D eigenvalue weighted by Gasteiger charge is -2.21. The lowest BCUT2D eigenvalue weighted by atomic mass is 10.2. The molecule has 1 aliphatic heterocycles. The Kier molecular flexibility index (Phi) is 6.98. The summed E-state index contributed by atoms with van der Waals surface area (Å²) in [5, 5.41) is 0. The molecule has 0 aliphatic carbocycles. The van der Waals surface area contributed by atoms with E-state index < -0.39 is 0 Å². The monoisotopic (exact) mass is 255 g/mol. The van der Waals surface area contributed by atoms with E-state index >= 15 is 0 Å². The predicted molar refractivity (Wildman–Crippen MR) is 71.5 cm³/mol. The van der Waals surface area contributed by atoms with Crippen LogP contribution < -0.4 is 0 Å². The van der Waals surface area contributed by atoms with E-state index in [0.29, 0.717) is 26.2 Å². The molecule has 1 heterocycles. The van der Waals surface area contributed by atoms with Crippen LogP contribution in [0.2, 0.25) is 0 Å². The maximum absolute atomic E-state index is 11.9. The Morgan fingerprint density at radius 3 is 2.89 bits per heavy atom. The first-order valence-electron chi connectivity index (χ1n) is 6.75. The number of hydrogen-bond donors (Lipinski definition) is 0. The lowest BCUT2D eigenvalue weighted by molar-refractivity contribution is -0.132. The molecule has 0 radical (unpaired) electrons. The van der Waals surface area contributed by atoms with Gasteiger partial charge in [0.05, 0.1) is 25.7 Å². The van der Waals surface area contributed by atoms with Crippen LogP contribution in [0.1, 0.15) is 33.1 Å². The number of carbonyl (C=O) groups excluding carboxylic acids is 1. The zero-order valence-corrected chi connectivity index (χ0v) is 11.6. The van der Waals surface area contributed by atoms with Gasteiger partial charge in [0, 0.05) is 19.7 Å². The number of nitrogens with zero attached hydrogens (tertiary/aromatic N) is 1. The first-order chi connectivity index (χ1) is 8.63. The molecule has 0 bridgehead atoms. The number of ether oxygens (including phenoxy) is 2. The van der Waals surface area contributed by atoms with E-state index in [1.165, 1.54) is 0 Å². The first-order valence-corrected chi connectivity index (χ1v) is 6.75. The van der Waals surface area contributed by atoms with Crippen LogP contribution >= 0.6 is 0 Å². The quantitative estimate of drug-likeness (QED) is 0.492. The Bertz CT molecular complexity index is 272. The average Bonchev–Trinajstić information content (AvgIpc) is 2.84.